The molecule has 2 N–H and O–H groups in total. The summed E-state index contributed by atoms with van der Waals surface area (Å²) in [7, 11) is 1.67. The molecule has 0 spiro atoms. The van der Waals surface area contributed by atoms with E-state index in [4.69, 9.17) is 4.74 Å². The molecule has 1 aromatic heterocycles. The highest BCUT2D eigenvalue weighted by atomic mass is 16.5. The number of aromatic nitrogens is 2. The van der Waals surface area contributed by atoms with E-state index in [-0.39, 0.29) is 0 Å². The highest BCUT2D eigenvalue weighted by molar-refractivity contribution is 5.41. The highest BCUT2D eigenvalue weighted by Crippen LogP contribution is 2.14. The SMILES string of the molecule is COc1ccc(CNc2ccnc(NCc3ccccc3C)n2)cc1. The molecule has 0 aliphatic rings. The van der Waals surface area contributed by atoms with Gasteiger partial charge in [-0.3, -0.25) is 0 Å². The van der Waals surface area contributed by atoms with Gasteiger partial charge in [0.05, 0.1) is 7.11 Å². The number of hydrogen-bond acceptors (Lipinski definition) is 5. The average molecular weight is 334 g/mol. The zero-order valence-electron chi connectivity index (χ0n) is 14.5. The lowest BCUT2D eigenvalue weighted by Gasteiger charge is -2.10. The molecule has 0 atom stereocenters. The molecule has 0 bridgehead atoms. The average Bonchev–Trinajstić information content (AvgIpc) is 2.66. The molecule has 0 radical (unpaired) electrons. The molecule has 128 valence electrons. The molecular weight excluding hydrogens is 312 g/mol. The predicted octanol–water partition coefficient (Wildman–Crippen LogP) is 4.02. The van der Waals surface area contributed by atoms with E-state index < -0.39 is 0 Å². The lowest BCUT2D eigenvalue weighted by atomic mass is 10.1. The van der Waals surface area contributed by atoms with Gasteiger partial charge in [-0.1, -0.05) is 36.4 Å². The molecule has 0 unspecified atom stereocenters. The molecule has 25 heavy (non-hydrogen) atoms. The third-order valence-corrected chi connectivity index (χ3v) is 3.99. The van der Waals surface area contributed by atoms with Gasteiger partial charge in [0.15, 0.2) is 0 Å². The molecule has 5 heteroatoms. The van der Waals surface area contributed by atoms with E-state index in [1.807, 2.05) is 42.5 Å². The summed E-state index contributed by atoms with van der Waals surface area (Å²) < 4.78 is 5.17. The van der Waals surface area contributed by atoms with Crippen molar-refractivity contribution in [3.63, 3.8) is 0 Å². The van der Waals surface area contributed by atoms with Crippen LogP contribution in [0.15, 0.2) is 60.8 Å². The molecule has 0 aliphatic heterocycles. The minimum absolute atomic E-state index is 0.614. The maximum atomic E-state index is 5.17. The van der Waals surface area contributed by atoms with Gasteiger partial charge < -0.3 is 15.4 Å². The van der Waals surface area contributed by atoms with Crippen molar-refractivity contribution in [3.8, 4) is 5.75 Å². The van der Waals surface area contributed by atoms with Crippen molar-refractivity contribution >= 4 is 11.8 Å². The van der Waals surface area contributed by atoms with Gasteiger partial charge in [0.1, 0.15) is 11.6 Å². The van der Waals surface area contributed by atoms with Crippen LogP contribution < -0.4 is 15.4 Å². The number of rotatable bonds is 7. The molecule has 1 heterocycles. The summed E-state index contributed by atoms with van der Waals surface area (Å²) in [5.41, 5.74) is 3.65. The van der Waals surface area contributed by atoms with Crippen LogP contribution in [0.5, 0.6) is 5.75 Å². The summed E-state index contributed by atoms with van der Waals surface area (Å²) in [4.78, 5) is 8.79. The first-order valence-electron chi connectivity index (χ1n) is 8.23. The first-order valence-corrected chi connectivity index (χ1v) is 8.23. The number of aryl methyl sites for hydroxylation is 1. The standard InChI is InChI=1S/C20H22N4O/c1-15-5-3-4-6-17(15)14-23-20-21-12-11-19(24-20)22-13-16-7-9-18(25-2)10-8-16/h3-12H,13-14H2,1-2H3,(H2,21,22,23,24). The number of nitrogens with zero attached hydrogens (tertiary/aromatic N) is 2. The lowest BCUT2D eigenvalue weighted by Crippen LogP contribution is -2.07. The fourth-order valence-corrected chi connectivity index (χ4v) is 2.46. The molecule has 3 aromatic rings. The minimum Gasteiger partial charge on any atom is -0.497 e. The van der Waals surface area contributed by atoms with Crippen molar-refractivity contribution in [1.29, 1.82) is 0 Å². The zero-order valence-corrected chi connectivity index (χ0v) is 14.5. The van der Waals surface area contributed by atoms with Gasteiger partial charge in [-0.15, -0.1) is 0 Å². The maximum Gasteiger partial charge on any atom is 0.224 e. The summed E-state index contributed by atoms with van der Waals surface area (Å²) in [6, 6.07) is 18.1. The van der Waals surface area contributed by atoms with Crippen LogP contribution in [0, 0.1) is 6.92 Å². The number of anilines is 2. The van der Waals surface area contributed by atoms with Crippen molar-refractivity contribution < 1.29 is 4.74 Å². The summed E-state index contributed by atoms with van der Waals surface area (Å²) in [6.07, 6.45) is 1.75. The van der Waals surface area contributed by atoms with Gasteiger partial charge in [0.25, 0.3) is 0 Å². The van der Waals surface area contributed by atoms with Gasteiger partial charge in [-0.2, -0.15) is 4.98 Å². The highest BCUT2D eigenvalue weighted by Gasteiger charge is 2.02. The first-order chi connectivity index (χ1) is 12.2. The van der Waals surface area contributed by atoms with Crippen LogP contribution in [0.2, 0.25) is 0 Å². The van der Waals surface area contributed by atoms with E-state index in [2.05, 4.69) is 39.7 Å². The zero-order chi connectivity index (χ0) is 17.5. The van der Waals surface area contributed by atoms with Gasteiger partial charge in [-0.25, -0.2) is 4.98 Å². The van der Waals surface area contributed by atoms with Crippen LogP contribution in [-0.2, 0) is 13.1 Å². The van der Waals surface area contributed by atoms with Gasteiger partial charge in [0.2, 0.25) is 5.95 Å². The third kappa shape index (κ3) is 4.70. The Balaban J connectivity index is 1.58. The van der Waals surface area contributed by atoms with Crippen LogP contribution in [-0.4, -0.2) is 17.1 Å². The Labute approximate surface area is 148 Å². The molecule has 5 nitrogen and oxygen atoms in total. The van der Waals surface area contributed by atoms with Crippen molar-refractivity contribution in [2.45, 2.75) is 20.0 Å². The van der Waals surface area contributed by atoms with E-state index in [1.54, 1.807) is 13.3 Å². The Morgan fingerprint density at radius 3 is 2.48 bits per heavy atom. The maximum absolute atomic E-state index is 5.17. The van der Waals surface area contributed by atoms with E-state index in [0.29, 0.717) is 19.0 Å². The topological polar surface area (TPSA) is 59.1 Å². The molecule has 0 saturated heterocycles. The Kier molecular flexibility index (Phi) is 5.46. The number of ether oxygens (including phenoxy) is 1. The Bertz CT molecular complexity index is 818. The lowest BCUT2D eigenvalue weighted by molar-refractivity contribution is 0.414. The van der Waals surface area contributed by atoms with Gasteiger partial charge in [-0.05, 0) is 41.8 Å². The van der Waals surface area contributed by atoms with Crippen molar-refractivity contribution in [2.24, 2.45) is 0 Å². The van der Waals surface area contributed by atoms with E-state index >= 15 is 0 Å². The normalized spacial score (nSPS) is 10.3. The predicted molar refractivity (Wildman–Crippen MR) is 101 cm³/mol. The summed E-state index contributed by atoms with van der Waals surface area (Å²) in [5.74, 6) is 2.26. The largest absolute Gasteiger partial charge is 0.497 e. The summed E-state index contributed by atoms with van der Waals surface area (Å²) in [5, 5.41) is 6.59. The molecule has 0 amide bonds. The van der Waals surface area contributed by atoms with E-state index in [0.717, 1.165) is 17.1 Å². The Morgan fingerprint density at radius 1 is 0.920 bits per heavy atom. The van der Waals surface area contributed by atoms with Gasteiger partial charge >= 0.3 is 0 Å². The van der Waals surface area contributed by atoms with Crippen LogP contribution in [0.25, 0.3) is 0 Å². The molecule has 0 saturated carbocycles. The van der Waals surface area contributed by atoms with E-state index in [9.17, 15) is 0 Å². The Morgan fingerprint density at radius 2 is 1.72 bits per heavy atom. The quantitative estimate of drug-likeness (QED) is 0.683. The number of benzene rings is 2. The monoisotopic (exact) mass is 334 g/mol. The van der Waals surface area contributed by atoms with Crippen LogP contribution in [0.4, 0.5) is 11.8 Å². The fourth-order valence-electron chi connectivity index (χ4n) is 2.46. The van der Waals surface area contributed by atoms with Crippen molar-refractivity contribution in [2.75, 3.05) is 17.7 Å². The summed E-state index contributed by atoms with van der Waals surface area (Å²) in [6.45, 7) is 3.50. The second-order valence-corrected chi connectivity index (χ2v) is 5.75. The first kappa shape index (κ1) is 16.8. The van der Waals surface area contributed by atoms with Crippen LogP contribution in [0.3, 0.4) is 0 Å². The number of methoxy groups -OCH3 is 1. The molecule has 3 rings (SSSR count). The van der Waals surface area contributed by atoms with Gasteiger partial charge in [0, 0.05) is 19.3 Å². The Hall–Kier alpha value is -3.08. The fraction of sp³-hybridized carbons (Fsp3) is 0.200. The minimum atomic E-state index is 0.614. The third-order valence-electron chi connectivity index (χ3n) is 3.99. The smallest absolute Gasteiger partial charge is 0.224 e. The molecule has 2 aromatic carbocycles. The van der Waals surface area contributed by atoms with Crippen LogP contribution >= 0.6 is 0 Å². The second-order valence-electron chi connectivity index (χ2n) is 5.75. The van der Waals surface area contributed by atoms with E-state index in [1.165, 1.54) is 11.1 Å². The second kappa shape index (κ2) is 8.15. The van der Waals surface area contributed by atoms with Crippen molar-refractivity contribution in [1.82, 2.24) is 9.97 Å². The molecular formula is C20H22N4O. The number of nitrogens with one attached hydrogen (secondary N) is 2. The molecule has 0 aliphatic carbocycles. The molecule has 0 fully saturated rings. The van der Waals surface area contributed by atoms with Crippen molar-refractivity contribution in [3.05, 3.63) is 77.5 Å². The summed E-state index contributed by atoms with van der Waals surface area (Å²) >= 11 is 0. The number of hydrogen-bond donors (Lipinski definition) is 2. The van der Waals surface area contributed by atoms with Crippen LogP contribution in [0.1, 0.15) is 16.7 Å².